The van der Waals surface area contributed by atoms with Crippen molar-refractivity contribution in [1.82, 2.24) is 0 Å². The number of unbranched alkanes of at least 4 members (excludes halogenated alkanes) is 4. The lowest BCUT2D eigenvalue weighted by atomic mass is 9.70. The molecule has 0 saturated heterocycles. The fourth-order valence-corrected chi connectivity index (χ4v) is 9.61. The zero-order chi connectivity index (χ0) is 35.4. The Kier molecular flexibility index (Phi) is 10.4. The summed E-state index contributed by atoms with van der Waals surface area (Å²) in [4.78, 5) is 2.54. The second-order valence-corrected chi connectivity index (χ2v) is 15.3. The highest BCUT2D eigenvalue weighted by atomic mass is 15.1. The van der Waals surface area contributed by atoms with Crippen molar-refractivity contribution in [2.24, 2.45) is 0 Å². The Labute approximate surface area is 308 Å². The molecule has 0 amide bonds. The van der Waals surface area contributed by atoms with Gasteiger partial charge in [0.25, 0.3) is 0 Å². The van der Waals surface area contributed by atoms with Crippen LogP contribution >= 0.6 is 0 Å². The molecule has 0 bridgehead atoms. The third-order valence-corrected chi connectivity index (χ3v) is 12.2. The van der Waals surface area contributed by atoms with E-state index in [2.05, 4.69) is 148 Å². The summed E-state index contributed by atoms with van der Waals surface area (Å²) in [6.45, 7) is 13.4. The molecule has 0 spiro atoms. The summed E-state index contributed by atoms with van der Waals surface area (Å²) in [6, 6.07) is 42.3. The molecule has 1 nitrogen and oxygen atoms in total. The van der Waals surface area contributed by atoms with E-state index in [-0.39, 0.29) is 10.8 Å². The molecule has 0 atom stereocenters. The first-order chi connectivity index (χ1) is 25.0. The summed E-state index contributed by atoms with van der Waals surface area (Å²) >= 11 is 0. The van der Waals surface area contributed by atoms with E-state index in [1.807, 2.05) is 6.08 Å². The minimum atomic E-state index is 0.0430. The average molecular weight is 672 g/mol. The van der Waals surface area contributed by atoms with Gasteiger partial charge < -0.3 is 4.90 Å². The van der Waals surface area contributed by atoms with Crippen molar-refractivity contribution in [3.8, 4) is 22.3 Å². The molecule has 262 valence electrons. The molecule has 0 aliphatic heterocycles. The van der Waals surface area contributed by atoms with E-state index in [0.29, 0.717) is 0 Å². The van der Waals surface area contributed by atoms with Gasteiger partial charge in [0.15, 0.2) is 0 Å². The Morgan fingerprint density at radius 3 is 1.22 bits per heavy atom. The third-order valence-electron chi connectivity index (χ3n) is 12.2. The first-order valence-corrected chi connectivity index (χ1v) is 20.1. The van der Waals surface area contributed by atoms with Crippen molar-refractivity contribution in [1.29, 1.82) is 0 Å². The van der Waals surface area contributed by atoms with Gasteiger partial charge in [-0.3, -0.25) is 0 Å². The van der Waals surface area contributed by atoms with Crippen LogP contribution < -0.4 is 4.90 Å². The van der Waals surface area contributed by atoms with Crippen LogP contribution in [0.15, 0.2) is 116 Å². The standard InChI is InChI=1S/C50H57N/c1-6-11-31-49(32-12-7-2)45-21-17-15-19-41(45)43-29-27-39(35-47(43)49)51(38-25-23-37(10-5)24-26-38)40-28-30-44-42-20-16-18-22-46(42)50(33-13-8-3,34-14-9-4)48(44)36-40/h10,15-30,35-36H,5-9,11-14,31-34H2,1-4H3. The molecule has 0 N–H and O–H groups in total. The van der Waals surface area contributed by atoms with Crippen LogP contribution in [0.4, 0.5) is 17.1 Å². The summed E-state index contributed by atoms with van der Waals surface area (Å²) in [6.07, 6.45) is 16.5. The number of fused-ring (bicyclic) bond motifs is 6. The SMILES string of the molecule is C=Cc1ccc(N(c2ccc3c(c2)C(CCCC)(CCCC)c2ccccc2-3)c2ccc3c(c2)C(CCCC)(CCCC)c2ccccc2-3)cc1. The maximum absolute atomic E-state index is 4.06. The Bertz CT molecular complexity index is 1840. The van der Waals surface area contributed by atoms with Gasteiger partial charge in [0.1, 0.15) is 0 Å². The molecule has 1 heteroatoms. The summed E-state index contributed by atoms with van der Waals surface area (Å²) < 4.78 is 0. The first kappa shape index (κ1) is 35.1. The molecule has 0 fully saturated rings. The van der Waals surface area contributed by atoms with E-state index in [0.717, 1.165) is 5.56 Å². The van der Waals surface area contributed by atoms with Crippen molar-refractivity contribution in [2.75, 3.05) is 4.90 Å². The fourth-order valence-electron chi connectivity index (χ4n) is 9.61. The van der Waals surface area contributed by atoms with Crippen LogP contribution in [0.25, 0.3) is 28.3 Å². The van der Waals surface area contributed by atoms with E-state index in [4.69, 9.17) is 0 Å². The quantitative estimate of drug-likeness (QED) is 0.101. The third kappa shape index (κ3) is 6.07. The second kappa shape index (κ2) is 15.1. The minimum absolute atomic E-state index is 0.0430. The number of benzene rings is 5. The van der Waals surface area contributed by atoms with Gasteiger partial charge in [-0.2, -0.15) is 0 Å². The predicted octanol–water partition coefficient (Wildman–Crippen LogP) is 15.1. The normalized spacial score (nSPS) is 14.4. The van der Waals surface area contributed by atoms with E-state index in [1.54, 1.807) is 0 Å². The van der Waals surface area contributed by atoms with Gasteiger partial charge in [0.05, 0.1) is 0 Å². The number of nitrogens with zero attached hydrogens (tertiary/aromatic N) is 1. The molecule has 2 aliphatic rings. The molecule has 5 aromatic carbocycles. The van der Waals surface area contributed by atoms with Crippen LogP contribution in [0.2, 0.25) is 0 Å². The molecule has 0 radical (unpaired) electrons. The van der Waals surface area contributed by atoms with E-state index < -0.39 is 0 Å². The maximum Gasteiger partial charge on any atom is 0.0465 e. The van der Waals surface area contributed by atoms with Crippen molar-refractivity contribution in [2.45, 2.75) is 116 Å². The lowest BCUT2D eigenvalue weighted by Crippen LogP contribution is -2.26. The van der Waals surface area contributed by atoms with E-state index in [1.165, 1.54) is 139 Å². The largest absolute Gasteiger partial charge is 0.310 e. The lowest BCUT2D eigenvalue weighted by molar-refractivity contribution is 0.414. The topological polar surface area (TPSA) is 3.24 Å². The molecule has 51 heavy (non-hydrogen) atoms. The van der Waals surface area contributed by atoms with Gasteiger partial charge in [-0.15, -0.1) is 0 Å². The number of anilines is 3. The smallest absolute Gasteiger partial charge is 0.0465 e. The molecule has 0 aromatic heterocycles. The summed E-state index contributed by atoms with van der Waals surface area (Å²) in [5, 5.41) is 0. The van der Waals surface area contributed by atoms with Crippen LogP contribution in [-0.2, 0) is 10.8 Å². The van der Waals surface area contributed by atoms with Crippen LogP contribution in [0.5, 0.6) is 0 Å². The van der Waals surface area contributed by atoms with Crippen LogP contribution in [0, 0.1) is 0 Å². The van der Waals surface area contributed by atoms with Crippen LogP contribution in [0.1, 0.15) is 133 Å². The van der Waals surface area contributed by atoms with Crippen LogP contribution in [-0.4, -0.2) is 0 Å². The molecule has 7 rings (SSSR count). The Morgan fingerprint density at radius 1 is 0.451 bits per heavy atom. The Hall–Kier alpha value is -4.36. The minimum Gasteiger partial charge on any atom is -0.310 e. The molecule has 5 aromatic rings. The Morgan fingerprint density at radius 2 is 0.824 bits per heavy atom. The first-order valence-electron chi connectivity index (χ1n) is 20.1. The van der Waals surface area contributed by atoms with Gasteiger partial charge in [0.2, 0.25) is 0 Å². The van der Waals surface area contributed by atoms with Gasteiger partial charge in [-0.05, 0) is 112 Å². The highest BCUT2D eigenvalue weighted by Crippen LogP contribution is 2.57. The van der Waals surface area contributed by atoms with Crippen molar-refractivity contribution in [3.63, 3.8) is 0 Å². The zero-order valence-corrected chi connectivity index (χ0v) is 31.6. The molecule has 0 heterocycles. The van der Waals surface area contributed by atoms with E-state index >= 15 is 0 Å². The monoisotopic (exact) mass is 671 g/mol. The molecular formula is C50H57N. The van der Waals surface area contributed by atoms with Gasteiger partial charge >= 0.3 is 0 Å². The van der Waals surface area contributed by atoms with E-state index in [9.17, 15) is 0 Å². The highest BCUT2D eigenvalue weighted by molar-refractivity contribution is 5.88. The summed E-state index contributed by atoms with van der Waals surface area (Å²) in [7, 11) is 0. The maximum atomic E-state index is 4.06. The van der Waals surface area contributed by atoms with Gasteiger partial charge in [0, 0.05) is 27.9 Å². The predicted molar refractivity (Wildman–Crippen MR) is 222 cm³/mol. The molecule has 0 unspecified atom stereocenters. The highest BCUT2D eigenvalue weighted by Gasteiger charge is 2.44. The Balaban J connectivity index is 1.44. The van der Waals surface area contributed by atoms with Crippen molar-refractivity contribution < 1.29 is 0 Å². The zero-order valence-electron chi connectivity index (χ0n) is 31.6. The van der Waals surface area contributed by atoms with Crippen molar-refractivity contribution >= 4 is 23.1 Å². The van der Waals surface area contributed by atoms with Gasteiger partial charge in [-0.1, -0.05) is 165 Å². The molecular weight excluding hydrogens is 615 g/mol. The van der Waals surface area contributed by atoms with Crippen LogP contribution in [0.3, 0.4) is 0 Å². The number of hydrogen-bond donors (Lipinski definition) is 0. The molecule has 0 saturated carbocycles. The molecule has 2 aliphatic carbocycles. The van der Waals surface area contributed by atoms with Gasteiger partial charge in [-0.25, -0.2) is 0 Å². The second-order valence-electron chi connectivity index (χ2n) is 15.3. The van der Waals surface area contributed by atoms with Crippen molar-refractivity contribution in [3.05, 3.63) is 144 Å². The summed E-state index contributed by atoms with van der Waals surface area (Å²) in [5.41, 5.74) is 16.7. The number of rotatable bonds is 16. The summed E-state index contributed by atoms with van der Waals surface area (Å²) in [5.74, 6) is 0. The number of hydrogen-bond acceptors (Lipinski definition) is 1. The lowest BCUT2D eigenvalue weighted by Gasteiger charge is -2.35. The fraction of sp³-hybridized carbons (Fsp3) is 0.360. The average Bonchev–Trinajstić information content (AvgIpc) is 3.61.